The van der Waals surface area contributed by atoms with Gasteiger partial charge in [0.2, 0.25) is 0 Å². The van der Waals surface area contributed by atoms with Gasteiger partial charge in [-0.3, -0.25) is 9.82 Å². The van der Waals surface area contributed by atoms with E-state index in [0.29, 0.717) is 21.2 Å². The number of aromatic amines is 1. The fourth-order valence-electron chi connectivity index (χ4n) is 2.35. The fourth-order valence-corrected chi connectivity index (χ4v) is 4.95. The molecular weight excluding hydrogens is 403 g/mol. The molecule has 6 nitrogen and oxygen atoms in total. The molecule has 144 valence electrons. The number of hydrogen-bond donors (Lipinski definition) is 2. The minimum Gasteiger partial charge on any atom is -0.497 e. The van der Waals surface area contributed by atoms with Crippen LogP contribution < -0.4 is 9.46 Å². The van der Waals surface area contributed by atoms with E-state index in [0.717, 1.165) is 17.4 Å². The van der Waals surface area contributed by atoms with Crippen molar-refractivity contribution in [3.63, 3.8) is 0 Å². The van der Waals surface area contributed by atoms with E-state index in [1.807, 2.05) is 5.10 Å². The number of thiophene rings is 1. The van der Waals surface area contributed by atoms with Gasteiger partial charge in [0.1, 0.15) is 22.0 Å². The second-order valence-electron chi connectivity index (χ2n) is 5.53. The predicted octanol–water partition coefficient (Wildman–Crippen LogP) is 4.27. The van der Waals surface area contributed by atoms with Gasteiger partial charge < -0.3 is 4.74 Å². The van der Waals surface area contributed by atoms with Gasteiger partial charge in [-0.15, -0.1) is 11.3 Å². The Balaban J connectivity index is 1.92. The van der Waals surface area contributed by atoms with Gasteiger partial charge in [-0.1, -0.05) is 6.07 Å². The number of alkyl halides is 3. The van der Waals surface area contributed by atoms with Gasteiger partial charge in [0.05, 0.1) is 17.7 Å². The van der Waals surface area contributed by atoms with E-state index in [2.05, 4.69) is 9.82 Å². The van der Waals surface area contributed by atoms with Crippen LogP contribution in [0, 0.1) is 6.92 Å². The van der Waals surface area contributed by atoms with Crippen molar-refractivity contribution in [3.8, 4) is 16.3 Å². The van der Waals surface area contributed by atoms with Gasteiger partial charge in [-0.2, -0.15) is 18.3 Å². The lowest BCUT2D eigenvalue weighted by molar-refractivity contribution is -0.141. The van der Waals surface area contributed by atoms with Crippen LogP contribution in [-0.2, 0) is 16.2 Å². The van der Waals surface area contributed by atoms with Crippen LogP contribution in [0.4, 0.5) is 18.9 Å². The third-order valence-electron chi connectivity index (χ3n) is 3.62. The summed E-state index contributed by atoms with van der Waals surface area (Å²) in [6.07, 6.45) is -4.56. The van der Waals surface area contributed by atoms with Crippen LogP contribution in [0.2, 0.25) is 0 Å². The molecule has 2 aromatic heterocycles. The number of aromatic nitrogens is 2. The van der Waals surface area contributed by atoms with Crippen molar-refractivity contribution in [2.45, 2.75) is 18.0 Å². The van der Waals surface area contributed by atoms with Gasteiger partial charge in [-0.25, -0.2) is 8.42 Å². The first-order valence-electron chi connectivity index (χ1n) is 7.50. The molecule has 0 unspecified atom stereocenters. The number of aryl methyl sites for hydroxylation is 1. The van der Waals surface area contributed by atoms with Crippen molar-refractivity contribution in [2.24, 2.45) is 0 Å². The summed E-state index contributed by atoms with van der Waals surface area (Å²) < 4.78 is 71.0. The monoisotopic (exact) mass is 417 g/mol. The third-order valence-corrected chi connectivity index (χ3v) is 6.33. The first-order chi connectivity index (χ1) is 12.6. The SMILES string of the molecule is COc1cccc(NS(=O)(=O)c2cc(-c3cc(C(F)(F)F)[nH]n3)sc2C)c1. The lowest BCUT2D eigenvalue weighted by Crippen LogP contribution is -2.13. The van der Waals surface area contributed by atoms with Gasteiger partial charge in [0, 0.05) is 10.9 Å². The zero-order chi connectivity index (χ0) is 19.8. The molecule has 0 amide bonds. The number of methoxy groups -OCH3 is 1. The van der Waals surface area contributed by atoms with Crippen LogP contribution >= 0.6 is 11.3 Å². The summed E-state index contributed by atoms with van der Waals surface area (Å²) in [5.74, 6) is 0.481. The minimum absolute atomic E-state index is 0.0260. The van der Waals surface area contributed by atoms with E-state index < -0.39 is 21.9 Å². The summed E-state index contributed by atoms with van der Waals surface area (Å²) in [7, 11) is -2.47. The Morgan fingerprint density at radius 3 is 2.59 bits per heavy atom. The normalized spacial score (nSPS) is 12.2. The Kier molecular flexibility index (Phi) is 4.91. The highest BCUT2D eigenvalue weighted by Crippen LogP contribution is 2.36. The van der Waals surface area contributed by atoms with Gasteiger partial charge in [0.25, 0.3) is 10.0 Å². The maximum atomic E-state index is 12.7. The molecular formula is C16H14F3N3O3S2. The summed E-state index contributed by atoms with van der Waals surface area (Å²) in [6.45, 7) is 1.58. The third kappa shape index (κ3) is 4.08. The number of halogens is 3. The van der Waals surface area contributed by atoms with E-state index >= 15 is 0 Å². The average Bonchev–Trinajstić information content (AvgIpc) is 3.21. The van der Waals surface area contributed by atoms with Crippen LogP contribution in [0.15, 0.2) is 41.3 Å². The van der Waals surface area contributed by atoms with Crippen LogP contribution in [0.5, 0.6) is 5.75 Å². The number of nitrogens with one attached hydrogen (secondary N) is 2. The maximum absolute atomic E-state index is 12.7. The molecule has 0 aliphatic carbocycles. The number of H-pyrrole nitrogens is 1. The highest BCUT2D eigenvalue weighted by Gasteiger charge is 2.33. The first kappa shape index (κ1) is 19.2. The van der Waals surface area contributed by atoms with Crippen LogP contribution in [0.1, 0.15) is 10.6 Å². The molecule has 2 N–H and O–H groups in total. The maximum Gasteiger partial charge on any atom is 0.432 e. The van der Waals surface area contributed by atoms with Gasteiger partial charge >= 0.3 is 6.18 Å². The number of ether oxygens (including phenoxy) is 1. The van der Waals surface area contributed by atoms with E-state index in [4.69, 9.17) is 4.74 Å². The van der Waals surface area contributed by atoms with Crippen LogP contribution in [0.25, 0.3) is 10.6 Å². The summed E-state index contributed by atoms with van der Waals surface area (Å²) >= 11 is 1.04. The molecule has 1 aromatic carbocycles. The van der Waals surface area contributed by atoms with Crippen molar-refractivity contribution in [1.29, 1.82) is 0 Å². The number of sulfonamides is 1. The highest BCUT2D eigenvalue weighted by molar-refractivity contribution is 7.93. The molecule has 0 fully saturated rings. The second kappa shape index (κ2) is 6.89. The smallest absolute Gasteiger partial charge is 0.432 e. The van der Waals surface area contributed by atoms with Crippen LogP contribution in [0.3, 0.4) is 0 Å². The van der Waals surface area contributed by atoms with E-state index in [1.165, 1.54) is 19.2 Å². The molecule has 3 aromatic rings. The molecule has 27 heavy (non-hydrogen) atoms. The molecule has 3 rings (SSSR count). The van der Waals surface area contributed by atoms with Crippen molar-refractivity contribution in [3.05, 3.63) is 47.0 Å². The Labute approximate surface area is 157 Å². The standard InChI is InChI=1S/C16H14F3N3O3S2/c1-9-14(27(23,24)22-10-4-3-5-11(6-10)25-2)8-13(26-9)12-7-15(21-20-12)16(17,18)19/h3-8,22H,1-2H3,(H,20,21). The number of hydrogen-bond acceptors (Lipinski definition) is 5. The van der Waals surface area contributed by atoms with E-state index in [1.54, 1.807) is 25.1 Å². The summed E-state index contributed by atoms with van der Waals surface area (Å²) in [5, 5.41) is 5.55. The van der Waals surface area contributed by atoms with Crippen molar-refractivity contribution in [2.75, 3.05) is 11.8 Å². The molecule has 0 saturated carbocycles. The van der Waals surface area contributed by atoms with Gasteiger partial charge in [-0.05, 0) is 31.2 Å². The summed E-state index contributed by atoms with van der Waals surface area (Å²) in [5.41, 5.74) is -0.665. The number of nitrogens with zero attached hydrogens (tertiary/aromatic N) is 1. The zero-order valence-electron chi connectivity index (χ0n) is 14.1. The Morgan fingerprint density at radius 1 is 1.22 bits per heavy atom. The van der Waals surface area contributed by atoms with Crippen LogP contribution in [-0.4, -0.2) is 25.7 Å². The Hall–Kier alpha value is -2.53. The Bertz CT molecular complexity index is 1070. The van der Waals surface area contributed by atoms with Gasteiger partial charge in [0.15, 0.2) is 0 Å². The molecule has 0 saturated heterocycles. The quantitative estimate of drug-likeness (QED) is 0.649. The molecule has 2 heterocycles. The number of rotatable bonds is 5. The van der Waals surface area contributed by atoms with E-state index in [9.17, 15) is 21.6 Å². The number of benzene rings is 1. The first-order valence-corrected chi connectivity index (χ1v) is 9.80. The molecule has 0 aliphatic rings. The zero-order valence-corrected chi connectivity index (χ0v) is 15.7. The summed E-state index contributed by atoms with van der Waals surface area (Å²) in [6, 6.07) is 8.53. The van der Waals surface area contributed by atoms with Crippen molar-refractivity contribution in [1.82, 2.24) is 10.2 Å². The van der Waals surface area contributed by atoms with Crippen molar-refractivity contribution < 1.29 is 26.3 Å². The summed E-state index contributed by atoms with van der Waals surface area (Å²) in [4.78, 5) is 0.712. The Morgan fingerprint density at radius 2 is 1.96 bits per heavy atom. The molecule has 0 spiro atoms. The lowest BCUT2D eigenvalue weighted by atomic mass is 10.3. The minimum atomic E-state index is -4.56. The molecule has 0 aliphatic heterocycles. The topological polar surface area (TPSA) is 84.1 Å². The van der Waals surface area contributed by atoms with Crippen molar-refractivity contribution >= 4 is 27.0 Å². The molecule has 0 bridgehead atoms. The lowest BCUT2D eigenvalue weighted by Gasteiger charge is -2.08. The molecule has 0 atom stereocenters. The molecule has 11 heteroatoms. The fraction of sp³-hybridized carbons (Fsp3) is 0.188. The highest BCUT2D eigenvalue weighted by atomic mass is 32.2. The largest absolute Gasteiger partial charge is 0.497 e. The van der Waals surface area contributed by atoms with E-state index in [-0.39, 0.29) is 10.6 Å². The predicted molar refractivity (Wildman–Crippen MR) is 95.4 cm³/mol. The second-order valence-corrected chi connectivity index (χ2v) is 8.44. The molecule has 0 radical (unpaired) electrons. The average molecular weight is 417 g/mol. The number of anilines is 1.